The van der Waals surface area contributed by atoms with Crippen LogP contribution in [0.25, 0.3) is 33.4 Å². The Morgan fingerprint density at radius 1 is 0.638 bits per heavy atom. The molecule has 4 fully saturated rings. The summed E-state index contributed by atoms with van der Waals surface area (Å²) in [6.07, 6.45) is 1.84. The van der Waals surface area contributed by atoms with Crippen molar-refractivity contribution in [2.45, 2.75) is 38.0 Å². The van der Waals surface area contributed by atoms with Gasteiger partial charge in [-0.05, 0) is 50.2 Å². The fraction of sp³-hybridized carbons (Fsp3) is 0.304. The summed E-state index contributed by atoms with van der Waals surface area (Å²) >= 11 is 0. The van der Waals surface area contributed by atoms with Crippen LogP contribution in [0, 0.1) is 58.6 Å². The predicted molar refractivity (Wildman–Crippen MR) is 234 cm³/mol. The molecule has 17 nitrogen and oxygen atoms in total. The van der Waals surface area contributed by atoms with Gasteiger partial charge in [0.15, 0.2) is 34.6 Å². The van der Waals surface area contributed by atoms with Crippen molar-refractivity contribution in [3.8, 4) is 11.4 Å². The van der Waals surface area contributed by atoms with E-state index in [1.807, 2.05) is 0 Å². The Morgan fingerprint density at radius 3 is 1.51 bits per heavy atom. The number of rotatable bonds is 11. The third kappa shape index (κ3) is 7.74. The van der Waals surface area contributed by atoms with Gasteiger partial charge in [-0.1, -0.05) is 0 Å². The molecule has 4 aromatic heterocycles. The van der Waals surface area contributed by atoms with Crippen LogP contribution in [-0.4, -0.2) is 98.2 Å². The molecule has 2 saturated carbocycles. The molecular formula is C46H38F6N10O7. The molecule has 0 spiro atoms. The largest absolute Gasteiger partial charge is 0.477 e. The van der Waals surface area contributed by atoms with E-state index >= 15 is 17.6 Å². The van der Waals surface area contributed by atoms with Gasteiger partial charge in [0.2, 0.25) is 22.7 Å². The number of carbonyl (C=O) groups is 4. The molecule has 2 aromatic carbocycles. The number of aromatic nitrogens is 4. The van der Waals surface area contributed by atoms with Gasteiger partial charge in [-0.15, -0.1) is 0 Å². The number of piperidine rings is 2. The monoisotopic (exact) mass is 956 g/mol. The molecule has 2 saturated heterocycles. The highest BCUT2D eigenvalue weighted by Crippen LogP contribution is 2.48. The zero-order valence-electron chi connectivity index (χ0n) is 36.1. The van der Waals surface area contributed by atoms with Crippen LogP contribution in [-0.2, 0) is 9.59 Å². The van der Waals surface area contributed by atoms with Crippen LogP contribution in [0.15, 0.2) is 70.5 Å². The molecule has 23 heteroatoms. The van der Waals surface area contributed by atoms with E-state index in [1.54, 1.807) is 4.90 Å². The van der Waals surface area contributed by atoms with Gasteiger partial charge in [-0.25, -0.2) is 41.1 Å². The molecular weight excluding hydrogens is 919 g/mol. The van der Waals surface area contributed by atoms with E-state index in [2.05, 4.69) is 25.9 Å². The highest BCUT2D eigenvalue weighted by Gasteiger charge is 2.58. The van der Waals surface area contributed by atoms with Crippen LogP contribution in [0.4, 0.5) is 38.0 Å². The SMILES string of the molecule is C[C@H](N)C(=O)N[C@@H](C)C(=O)NC1C2CN(c3nc4c(cc3F)c(=O)c(C(=O)NC3C5CN(c6nc7c(cc6F)c(=O)c(C(=O)O)cn7-c6ccc(F)cc6F)CC53)cn4-c3ccc(F)cc3F)CC21. The fourth-order valence-electron chi connectivity index (χ4n) is 9.66. The van der Waals surface area contributed by atoms with Crippen LogP contribution in [0.1, 0.15) is 34.6 Å². The van der Waals surface area contributed by atoms with Crippen molar-refractivity contribution in [3.05, 3.63) is 127 Å². The first-order chi connectivity index (χ1) is 32.8. The molecule has 69 heavy (non-hydrogen) atoms. The number of halogens is 6. The molecule has 4 aliphatic rings. The molecule has 10 rings (SSSR count). The maximum atomic E-state index is 16.1. The Hall–Kier alpha value is -7.82. The number of carbonyl (C=O) groups excluding carboxylic acids is 3. The number of fused-ring (bicyclic) bond motifs is 4. The van der Waals surface area contributed by atoms with Crippen molar-refractivity contribution in [2.75, 3.05) is 36.0 Å². The third-order valence-corrected chi connectivity index (χ3v) is 13.4. The van der Waals surface area contributed by atoms with E-state index in [0.29, 0.717) is 12.1 Å². The summed E-state index contributed by atoms with van der Waals surface area (Å²) in [5.74, 6) is -10.8. The molecule has 2 aliphatic heterocycles. The Morgan fingerprint density at radius 2 is 1.07 bits per heavy atom. The van der Waals surface area contributed by atoms with Crippen molar-refractivity contribution < 1.29 is 50.6 Å². The molecule has 0 radical (unpaired) electrons. The second-order valence-electron chi connectivity index (χ2n) is 17.8. The van der Waals surface area contributed by atoms with Gasteiger partial charge in [0.1, 0.15) is 40.4 Å². The van der Waals surface area contributed by atoms with Crippen LogP contribution in [0.5, 0.6) is 0 Å². The topological polar surface area (TPSA) is 227 Å². The number of nitrogens with one attached hydrogen (secondary N) is 3. The summed E-state index contributed by atoms with van der Waals surface area (Å²) in [4.78, 5) is 89.6. The summed E-state index contributed by atoms with van der Waals surface area (Å²) in [7, 11) is 0. The first-order valence-electron chi connectivity index (χ1n) is 21.6. The highest BCUT2D eigenvalue weighted by atomic mass is 19.2. The summed E-state index contributed by atoms with van der Waals surface area (Å²) in [6.45, 7) is 3.67. The van der Waals surface area contributed by atoms with E-state index in [-0.39, 0.29) is 95.6 Å². The van der Waals surface area contributed by atoms with Gasteiger partial charge in [-0.3, -0.25) is 33.1 Å². The van der Waals surface area contributed by atoms with Gasteiger partial charge in [0, 0.05) is 86.5 Å². The number of nitrogens with zero attached hydrogens (tertiary/aromatic N) is 6. The van der Waals surface area contributed by atoms with Crippen LogP contribution in [0.2, 0.25) is 0 Å². The number of carboxylic acids is 1. The molecule has 0 bridgehead atoms. The zero-order chi connectivity index (χ0) is 49.1. The lowest BCUT2D eigenvalue weighted by atomic mass is 10.1. The summed E-state index contributed by atoms with van der Waals surface area (Å²) in [6, 6.07) is 4.24. The number of pyridine rings is 4. The van der Waals surface area contributed by atoms with E-state index < -0.39 is 104 Å². The standard InChI is InChI=1S/C46H38F6N10O7/c1-17(53)43(65)54-18(2)44(66)55-35-23-11-59(12-24(23)35)41-31(51)9-21-37(63)27(15-61(39(21)57-41)33-5-3-19(47)7-29(33)49)45(67)56-36-25-13-60(14-26(25)36)42-32(52)10-22-38(64)28(46(68)69)16-62(40(22)58-42)34-6-4-20(48)8-30(34)50/h3-10,15-18,23-26,35-36H,11-14,53H2,1-2H3,(H,54,65)(H,55,66)(H,56,67)(H,68,69)/t17-,18-,23?,24?,25?,26?,35?,36?/m0/s1. The van der Waals surface area contributed by atoms with Gasteiger partial charge in [0.05, 0.1) is 28.2 Å². The Kier molecular flexibility index (Phi) is 10.7. The quantitative estimate of drug-likeness (QED) is 0.118. The average molecular weight is 957 g/mol. The summed E-state index contributed by atoms with van der Waals surface area (Å²) in [5, 5.41) is 17.0. The maximum Gasteiger partial charge on any atom is 0.341 e. The van der Waals surface area contributed by atoms with Crippen LogP contribution < -0.4 is 42.3 Å². The zero-order valence-corrected chi connectivity index (χ0v) is 36.1. The molecule has 3 amide bonds. The average Bonchev–Trinajstić information content (AvgIpc) is 3.91. The number of aromatic carboxylic acids is 1. The van der Waals surface area contributed by atoms with Gasteiger partial charge in [0.25, 0.3) is 5.91 Å². The number of amides is 3. The van der Waals surface area contributed by atoms with Gasteiger partial charge < -0.3 is 36.6 Å². The van der Waals surface area contributed by atoms with Crippen molar-refractivity contribution in [1.29, 1.82) is 0 Å². The lowest BCUT2D eigenvalue weighted by Gasteiger charge is -2.24. The first kappa shape index (κ1) is 45.0. The Bertz CT molecular complexity index is 3350. The lowest BCUT2D eigenvalue weighted by molar-refractivity contribution is -0.129. The van der Waals surface area contributed by atoms with Crippen molar-refractivity contribution in [1.82, 2.24) is 35.1 Å². The highest BCUT2D eigenvalue weighted by molar-refractivity contribution is 5.98. The second-order valence-corrected chi connectivity index (χ2v) is 17.8. The van der Waals surface area contributed by atoms with Crippen molar-refractivity contribution in [3.63, 3.8) is 0 Å². The minimum absolute atomic E-state index is 0.0881. The fourth-order valence-corrected chi connectivity index (χ4v) is 9.66. The summed E-state index contributed by atoms with van der Waals surface area (Å²) < 4.78 is 92.3. The molecule has 2 aliphatic carbocycles. The molecule has 4 unspecified atom stereocenters. The molecule has 6 N–H and O–H groups in total. The molecule has 6 aromatic rings. The number of benzene rings is 2. The third-order valence-electron chi connectivity index (χ3n) is 13.4. The van der Waals surface area contributed by atoms with E-state index in [9.17, 15) is 42.7 Å². The number of nitrogens with two attached hydrogens (primary N) is 1. The maximum absolute atomic E-state index is 16.1. The smallest absolute Gasteiger partial charge is 0.341 e. The summed E-state index contributed by atoms with van der Waals surface area (Å²) in [5.41, 5.74) is 0.974. The normalized spacial score (nSPS) is 22.0. The van der Waals surface area contributed by atoms with E-state index in [4.69, 9.17) is 5.73 Å². The van der Waals surface area contributed by atoms with Crippen LogP contribution >= 0.6 is 0 Å². The molecule has 356 valence electrons. The van der Waals surface area contributed by atoms with Crippen molar-refractivity contribution in [2.24, 2.45) is 29.4 Å². The lowest BCUT2D eigenvalue weighted by Crippen LogP contribution is -2.50. The first-order valence-corrected chi connectivity index (χ1v) is 21.6. The molecule has 6 heterocycles. The van der Waals surface area contributed by atoms with Crippen LogP contribution in [0.3, 0.4) is 0 Å². The number of carboxylic acid groups (broad SMARTS) is 1. The van der Waals surface area contributed by atoms with E-state index in [1.165, 1.54) is 18.7 Å². The number of anilines is 2. The van der Waals surface area contributed by atoms with E-state index in [0.717, 1.165) is 57.9 Å². The van der Waals surface area contributed by atoms with Gasteiger partial charge in [-0.2, -0.15) is 0 Å². The van der Waals surface area contributed by atoms with Crippen molar-refractivity contribution >= 4 is 57.4 Å². The Balaban J connectivity index is 0.891. The number of hydrogen-bond donors (Lipinski definition) is 5. The minimum atomic E-state index is -1.67. The second kappa shape index (κ2) is 16.5. The predicted octanol–water partition coefficient (Wildman–Crippen LogP) is 2.88. The molecule has 6 atom stereocenters. The Labute approximate surface area is 384 Å². The minimum Gasteiger partial charge on any atom is -0.477 e. The van der Waals surface area contributed by atoms with Gasteiger partial charge >= 0.3 is 5.97 Å². The number of hydrogen-bond acceptors (Lipinski definition) is 11.